The van der Waals surface area contributed by atoms with Crippen LogP contribution in [0.1, 0.15) is 12.5 Å². The number of nitrogens with one attached hydrogen (secondary N) is 2. The van der Waals surface area contributed by atoms with Gasteiger partial charge in [0.25, 0.3) is 0 Å². The maximum absolute atomic E-state index is 11.6. The monoisotopic (exact) mass is 212 g/mol. The lowest BCUT2D eigenvalue weighted by molar-refractivity contribution is 0.565. The summed E-state index contributed by atoms with van der Waals surface area (Å²) >= 11 is 0. The van der Waals surface area contributed by atoms with E-state index in [9.17, 15) is 8.42 Å². The lowest BCUT2D eigenvalue weighted by atomic mass is 10.2. The molecule has 0 radical (unpaired) electrons. The quantitative estimate of drug-likeness (QED) is 0.675. The molecule has 1 atom stereocenters. The van der Waals surface area contributed by atoms with Gasteiger partial charge < -0.3 is 5.32 Å². The van der Waals surface area contributed by atoms with Crippen molar-refractivity contribution in [2.45, 2.75) is 24.9 Å². The van der Waals surface area contributed by atoms with Crippen LogP contribution >= 0.6 is 0 Å². The molecule has 0 saturated heterocycles. The molecule has 0 fully saturated rings. The van der Waals surface area contributed by atoms with Crippen molar-refractivity contribution in [1.82, 2.24) is 4.72 Å². The summed E-state index contributed by atoms with van der Waals surface area (Å²) in [5, 5.41) is 3.07. The molecule has 0 saturated carbocycles. The second kappa shape index (κ2) is 2.96. The van der Waals surface area contributed by atoms with Gasteiger partial charge >= 0.3 is 0 Å². The van der Waals surface area contributed by atoms with Crippen molar-refractivity contribution in [2.24, 2.45) is 0 Å². The Hall–Kier alpha value is -1.07. The van der Waals surface area contributed by atoms with Gasteiger partial charge in [0.05, 0.1) is 11.9 Å². The summed E-state index contributed by atoms with van der Waals surface area (Å²) in [5.74, 6) is 0. The van der Waals surface area contributed by atoms with E-state index in [0.29, 0.717) is 10.6 Å². The minimum absolute atomic E-state index is 0.255. The van der Waals surface area contributed by atoms with Crippen LogP contribution in [0, 0.1) is 6.92 Å². The highest BCUT2D eigenvalue weighted by Crippen LogP contribution is 2.26. The molecule has 0 amide bonds. The first-order chi connectivity index (χ1) is 6.49. The smallest absolute Gasteiger partial charge is 0.244 e. The topological polar surface area (TPSA) is 58.2 Å². The molecule has 1 heterocycles. The molecule has 1 aromatic rings. The molecular weight excluding hydrogens is 200 g/mol. The Morgan fingerprint density at radius 3 is 2.79 bits per heavy atom. The predicted molar refractivity (Wildman–Crippen MR) is 54.6 cm³/mol. The third-order valence-electron chi connectivity index (χ3n) is 2.13. The molecule has 1 aliphatic rings. The minimum atomic E-state index is -3.32. The molecule has 1 aliphatic heterocycles. The molecule has 0 aromatic heterocycles. The van der Waals surface area contributed by atoms with E-state index in [2.05, 4.69) is 10.0 Å². The second-order valence-corrected chi connectivity index (χ2v) is 5.17. The molecule has 2 N–H and O–H groups in total. The van der Waals surface area contributed by atoms with E-state index >= 15 is 0 Å². The van der Waals surface area contributed by atoms with Crippen molar-refractivity contribution in [3.8, 4) is 0 Å². The van der Waals surface area contributed by atoms with Crippen LogP contribution in [0.25, 0.3) is 0 Å². The van der Waals surface area contributed by atoms with Gasteiger partial charge in [-0.2, -0.15) is 4.72 Å². The maximum Gasteiger partial charge on any atom is 0.244 e. The summed E-state index contributed by atoms with van der Waals surface area (Å²) in [4.78, 5) is 0.321. The summed E-state index contributed by atoms with van der Waals surface area (Å²) in [6.45, 7) is 3.70. The van der Waals surface area contributed by atoms with Crippen LogP contribution in [-0.2, 0) is 10.0 Å². The zero-order chi connectivity index (χ0) is 10.3. The molecule has 14 heavy (non-hydrogen) atoms. The zero-order valence-electron chi connectivity index (χ0n) is 8.03. The van der Waals surface area contributed by atoms with Gasteiger partial charge in [0.1, 0.15) is 4.90 Å². The van der Waals surface area contributed by atoms with Gasteiger partial charge in [-0.25, -0.2) is 8.42 Å². The Morgan fingerprint density at radius 2 is 2.07 bits per heavy atom. The zero-order valence-corrected chi connectivity index (χ0v) is 8.85. The van der Waals surface area contributed by atoms with Crippen LogP contribution < -0.4 is 10.0 Å². The largest absolute Gasteiger partial charge is 0.368 e. The van der Waals surface area contributed by atoms with E-state index in [4.69, 9.17) is 0 Å². The lowest BCUT2D eigenvalue weighted by Gasteiger charge is -2.25. The number of rotatable bonds is 0. The van der Waals surface area contributed by atoms with E-state index < -0.39 is 10.0 Å². The average Bonchev–Trinajstić information content (AvgIpc) is 2.00. The Balaban J connectivity index is 2.64. The second-order valence-electron chi connectivity index (χ2n) is 3.49. The molecule has 0 bridgehead atoms. The van der Waals surface area contributed by atoms with E-state index in [-0.39, 0.29) is 6.17 Å². The van der Waals surface area contributed by atoms with E-state index in [1.54, 1.807) is 19.1 Å². The Kier molecular flexibility index (Phi) is 2.01. The summed E-state index contributed by atoms with van der Waals surface area (Å²) in [5.41, 5.74) is 1.72. The van der Waals surface area contributed by atoms with Crippen molar-refractivity contribution in [1.29, 1.82) is 0 Å². The fourth-order valence-corrected chi connectivity index (χ4v) is 2.86. The van der Waals surface area contributed by atoms with Crippen LogP contribution in [0.2, 0.25) is 0 Å². The first-order valence-corrected chi connectivity index (χ1v) is 5.87. The van der Waals surface area contributed by atoms with E-state index in [1.807, 2.05) is 13.0 Å². The third kappa shape index (κ3) is 1.49. The number of benzene rings is 1. The fourth-order valence-electron chi connectivity index (χ4n) is 1.55. The van der Waals surface area contributed by atoms with Crippen LogP contribution in [0.15, 0.2) is 23.1 Å². The Morgan fingerprint density at radius 1 is 1.36 bits per heavy atom. The lowest BCUT2D eigenvalue weighted by Crippen LogP contribution is -2.42. The summed E-state index contributed by atoms with van der Waals surface area (Å²) in [7, 11) is -3.32. The highest BCUT2D eigenvalue weighted by atomic mass is 32.2. The fraction of sp³-hybridized carbons (Fsp3) is 0.333. The third-order valence-corrected chi connectivity index (χ3v) is 3.73. The van der Waals surface area contributed by atoms with Gasteiger partial charge in [0.2, 0.25) is 10.0 Å². The number of anilines is 1. The number of hydrogen-bond acceptors (Lipinski definition) is 3. The normalized spacial score (nSPS) is 23.7. The molecule has 4 nitrogen and oxygen atoms in total. The predicted octanol–water partition coefficient (Wildman–Crippen LogP) is 1.04. The van der Waals surface area contributed by atoms with Crippen molar-refractivity contribution in [3.05, 3.63) is 23.8 Å². The van der Waals surface area contributed by atoms with Gasteiger partial charge in [-0.05, 0) is 31.5 Å². The number of aryl methyl sites for hydroxylation is 1. The summed E-state index contributed by atoms with van der Waals surface area (Å²) in [6, 6.07) is 5.24. The molecule has 1 aromatic carbocycles. The number of fused-ring (bicyclic) bond motifs is 1. The van der Waals surface area contributed by atoms with Gasteiger partial charge in [-0.3, -0.25) is 0 Å². The Labute approximate surface area is 83.4 Å². The molecule has 2 rings (SSSR count). The molecule has 0 aliphatic carbocycles. The van der Waals surface area contributed by atoms with Crippen molar-refractivity contribution in [2.75, 3.05) is 5.32 Å². The maximum atomic E-state index is 11.6. The van der Waals surface area contributed by atoms with E-state index in [1.165, 1.54) is 0 Å². The first kappa shape index (κ1) is 9.48. The molecular formula is C9H12N2O2S. The van der Waals surface area contributed by atoms with Crippen molar-refractivity contribution in [3.63, 3.8) is 0 Å². The average molecular weight is 212 g/mol. The summed E-state index contributed by atoms with van der Waals surface area (Å²) < 4.78 is 25.8. The molecule has 0 spiro atoms. The standard InChI is InChI=1S/C9H12N2O2S/c1-6-3-4-9-8(5-6)10-7(2)11-14(9,12)13/h3-5,7,10-11H,1-2H3. The van der Waals surface area contributed by atoms with Crippen LogP contribution in [0.5, 0.6) is 0 Å². The highest BCUT2D eigenvalue weighted by molar-refractivity contribution is 7.89. The van der Waals surface area contributed by atoms with Gasteiger partial charge in [-0.15, -0.1) is 0 Å². The minimum Gasteiger partial charge on any atom is -0.368 e. The number of hydrogen-bond donors (Lipinski definition) is 2. The van der Waals surface area contributed by atoms with Gasteiger partial charge in [0.15, 0.2) is 0 Å². The van der Waals surface area contributed by atoms with Gasteiger partial charge in [0, 0.05) is 0 Å². The molecule has 76 valence electrons. The number of sulfonamides is 1. The molecule has 5 heteroatoms. The Bertz CT molecular complexity index is 468. The van der Waals surface area contributed by atoms with Crippen molar-refractivity contribution >= 4 is 15.7 Å². The SMILES string of the molecule is Cc1ccc2c(c1)NC(C)NS2(=O)=O. The van der Waals surface area contributed by atoms with Crippen LogP contribution in [-0.4, -0.2) is 14.6 Å². The van der Waals surface area contributed by atoms with Gasteiger partial charge in [-0.1, -0.05) is 6.07 Å². The summed E-state index contributed by atoms with van der Waals surface area (Å²) in [6.07, 6.45) is -0.255. The van der Waals surface area contributed by atoms with Crippen LogP contribution in [0.4, 0.5) is 5.69 Å². The molecule has 1 unspecified atom stereocenters. The van der Waals surface area contributed by atoms with E-state index in [0.717, 1.165) is 5.56 Å². The van der Waals surface area contributed by atoms with Crippen LogP contribution in [0.3, 0.4) is 0 Å². The highest BCUT2D eigenvalue weighted by Gasteiger charge is 2.26. The first-order valence-electron chi connectivity index (χ1n) is 4.38. The van der Waals surface area contributed by atoms with Crippen molar-refractivity contribution < 1.29 is 8.42 Å².